The van der Waals surface area contributed by atoms with Gasteiger partial charge in [0.05, 0.1) is 6.20 Å². The number of aryl methyl sites for hydroxylation is 1. The van der Waals surface area contributed by atoms with E-state index in [1.165, 1.54) is 0 Å². The van der Waals surface area contributed by atoms with E-state index in [1.54, 1.807) is 18.5 Å². The zero-order valence-electron chi connectivity index (χ0n) is 8.47. The molecule has 0 aliphatic rings. The fraction of sp³-hybridized carbons (Fsp3) is 0.0833. The van der Waals surface area contributed by atoms with Gasteiger partial charge >= 0.3 is 0 Å². The van der Waals surface area contributed by atoms with Crippen molar-refractivity contribution in [1.82, 2.24) is 4.98 Å². The maximum Gasteiger partial charge on any atom is 0.145 e. The van der Waals surface area contributed by atoms with Crippen molar-refractivity contribution in [1.29, 1.82) is 0 Å². The van der Waals surface area contributed by atoms with E-state index in [4.69, 9.17) is 10.5 Å². The van der Waals surface area contributed by atoms with Crippen LogP contribution in [0, 0.1) is 6.92 Å². The molecule has 1 aromatic carbocycles. The van der Waals surface area contributed by atoms with Gasteiger partial charge in [0, 0.05) is 18.0 Å². The Morgan fingerprint density at radius 3 is 2.73 bits per heavy atom. The van der Waals surface area contributed by atoms with Crippen molar-refractivity contribution in [2.24, 2.45) is 0 Å². The Hall–Kier alpha value is -2.03. The lowest BCUT2D eigenvalue weighted by Crippen LogP contribution is -1.88. The summed E-state index contributed by atoms with van der Waals surface area (Å²) < 4.78 is 5.60. The third kappa shape index (κ3) is 2.47. The van der Waals surface area contributed by atoms with Gasteiger partial charge in [0.1, 0.15) is 11.5 Å². The second-order valence-electron chi connectivity index (χ2n) is 3.37. The van der Waals surface area contributed by atoms with E-state index in [9.17, 15) is 0 Å². The highest BCUT2D eigenvalue weighted by atomic mass is 16.5. The van der Waals surface area contributed by atoms with Gasteiger partial charge in [0.15, 0.2) is 0 Å². The fourth-order valence-corrected chi connectivity index (χ4v) is 1.30. The van der Waals surface area contributed by atoms with Crippen molar-refractivity contribution in [3.63, 3.8) is 0 Å². The van der Waals surface area contributed by atoms with Crippen molar-refractivity contribution in [3.8, 4) is 11.5 Å². The van der Waals surface area contributed by atoms with Crippen LogP contribution in [0.4, 0.5) is 5.69 Å². The number of nitrogens with zero attached hydrogens (tertiary/aromatic N) is 1. The average molecular weight is 200 g/mol. The molecule has 0 radical (unpaired) electrons. The molecule has 0 fully saturated rings. The summed E-state index contributed by atoms with van der Waals surface area (Å²) in [7, 11) is 0. The van der Waals surface area contributed by atoms with Crippen LogP contribution in [-0.2, 0) is 0 Å². The number of hydrogen-bond acceptors (Lipinski definition) is 3. The highest BCUT2D eigenvalue weighted by molar-refractivity contribution is 5.45. The number of pyridine rings is 1. The second-order valence-corrected chi connectivity index (χ2v) is 3.37. The summed E-state index contributed by atoms with van der Waals surface area (Å²) in [4.78, 5) is 4.05. The van der Waals surface area contributed by atoms with Crippen LogP contribution in [0.2, 0.25) is 0 Å². The monoisotopic (exact) mass is 200 g/mol. The first-order valence-electron chi connectivity index (χ1n) is 4.69. The van der Waals surface area contributed by atoms with Crippen molar-refractivity contribution in [2.75, 3.05) is 5.73 Å². The molecular formula is C12H12N2O. The lowest BCUT2D eigenvalue weighted by molar-refractivity contribution is 0.480. The minimum Gasteiger partial charge on any atom is -0.456 e. The molecule has 0 amide bonds. The first kappa shape index (κ1) is 9.52. The van der Waals surface area contributed by atoms with Gasteiger partial charge in [0.2, 0.25) is 0 Å². The van der Waals surface area contributed by atoms with E-state index >= 15 is 0 Å². The van der Waals surface area contributed by atoms with Gasteiger partial charge in [-0.25, -0.2) is 0 Å². The topological polar surface area (TPSA) is 48.1 Å². The average Bonchev–Trinajstić information content (AvgIpc) is 2.17. The Bertz CT molecular complexity index is 425. The number of ether oxygens (including phenoxy) is 1. The van der Waals surface area contributed by atoms with Crippen LogP contribution in [0.25, 0.3) is 0 Å². The number of nitrogens with two attached hydrogens (primary N) is 1. The van der Waals surface area contributed by atoms with Gasteiger partial charge in [-0.05, 0) is 30.7 Å². The lowest BCUT2D eigenvalue weighted by atomic mass is 10.3. The van der Waals surface area contributed by atoms with Crippen molar-refractivity contribution in [2.45, 2.75) is 6.92 Å². The molecule has 76 valence electrons. The highest BCUT2D eigenvalue weighted by Crippen LogP contribution is 2.22. The maximum absolute atomic E-state index is 5.65. The van der Waals surface area contributed by atoms with Gasteiger partial charge in [-0.3, -0.25) is 4.98 Å². The Morgan fingerprint density at radius 1 is 1.13 bits per heavy atom. The van der Waals surface area contributed by atoms with Crippen molar-refractivity contribution < 1.29 is 4.74 Å². The molecule has 15 heavy (non-hydrogen) atoms. The largest absolute Gasteiger partial charge is 0.456 e. The molecule has 2 N–H and O–H groups in total. The van der Waals surface area contributed by atoms with E-state index in [0.29, 0.717) is 5.69 Å². The van der Waals surface area contributed by atoms with Gasteiger partial charge in [-0.1, -0.05) is 6.07 Å². The van der Waals surface area contributed by atoms with Crippen LogP contribution in [0.1, 0.15) is 5.56 Å². The zero-order valence-corrected chi connectivity index (χ0v) is 8.47. The van der Waals surface area contributed by atoms with Crippen LogP contribution < -0.4 is 10.5 Å². The van der Waals surface area contributed by atoms with E-state index < -0.39 is 0 Å². The molecule has 0 aliphatic heterocycles. The SMILES string of the molecule is Cc1cncc(Oc2cccc(N)c2)c1. The molecule has 1 aromatic heterocycles. The Kier molecular flexibility index (Phi) is 2.54. The second kappa shape index (κ2) is 4.00. The smallest absolute Gasteiger partial charge is 0.145 e. The lowest BCUT2D eigenvalue weighted by Gasteiger charge is -2.05. The van der Waals surface area contributed by atoms with Crippen molar-refractivity contribution in [3.05, 3.63) is 48.3 Å². The standard InChI is InChI=1S/C12H12N2O/c1-9-5-12(8-14-7-9)15-11-4-2-3-10(13)6-11/h2-8H,13H2,1H3. The van der Waals surface area contributed by atoms with Crippen LogP contribution in [-0.4, -0.2) is 4.98 Å². The molecule has 0 atom stereocenters. The molecular weight excluding hydrogens is 188 g/mol. The van der Waals surface area contributed by atoms with E-state index in [0.717, 1.165) is 17.1 Å². The molecule has 3 heteroatoms. The van der Waals surface area contributed by atoms with Crippen LogP contribution in [0.5, 0.6) is 11.5 Å². The molecule has 0 aliphatic carbocycles. The molecule has 2 aromatic rings. The number of nitrogen functional groups attached to an aromatic ring is 1. The quantitative estimate of drug-likeness (QED) is 0.758. The summed E-state index contributed by atoms with van der Waals surface area (Å²) in [5.74, 6) is 1.45. The predicted molar refractivity (Wildman–Crippen MR) is 59.9 cm³/mol. The highest BCUT2D eigenvalue weighted by Gasteiger charge is 1.97. The third-order valence-electron chi connectivity index (χ3n) is 1.94. The number of benzene rings is 1. The first-order chi connectivity index (χ1) is 7.24. The van der Waals surface area contributed by atoms with Crippen molar-refractivity contribution >= 4 is 5.69 Å². The van der Waals surface area contributed by atoms with E-state index in [2.05, 4.69) is 4.98 Å². The Labute approximate surface area is 88.5 Å². The summed E-state index contributed by atoms with van der Waals surface area (Å²) in [5.41, 5.74) is 7.40. The molecule has 0 bridgehead atoms. The molecule has 1 heterocycles. The van der Waals surface area contributed by atoms with Gasteiger partial charge in [-0.2, -0.15) is 0 Å². The summed E-state index contributed by atoms with van der Waals surface area (Å²) >= 11 is 0. The minimum atomic E-state index is 0.688. The number of anilines is 1. The maximum atomic E-state index is 5.65. The van der Waals surface area contributed by atoms with E-state index in [1.807, 2.05) is 31.2 Å². The number of aromatic nitrogens is 1. The van der Waals surface area contributed by atoms with Crippen LogP contribution in [0.15, 0.2) is 42.7 Å². The van der Waals surface area contributed by atoms with Crippen LogP contribution in [0.3, 0.4) is 0 Å². The molecule has 0 saturated carbocycles. The molecule has 0 unspecified atom stereocenters. The predicted octanol–water partition coefficient (Wildman–Crippen LogP) is 2.76. The van der Waals surface area contributed by atoms with E-state index in [-0.39, 0.29) is 0 Å². The normalized spacial score (nSPS) is 9.93. The first-order valence-corrected chi connectivity index (χ1v) is 4.69. The molecule has 2 rings (SSSR count). The summed E-state index contributed by atoms with van der Waals surface area (Å²) in [6.45, 7) is 1.97. The number of hydrogen-bond donors (Lipinski definition) is 1. The van der Waals surface area contributed by atoms with Gasteiger partial charge < -0.3 is 10.5 Å². The third-order valence-corrected chi connectivity index (χ3v) is 1.94. The minimum absolute atomic E-state index is 0.688. The van der Waals surface area contributed by atoms with Gasteiger partial charge in [0.25, 0.3) is 0 Å². The zero-order chi connectivity index (χ0) is 10.7. The fourth-order valence-electron chi connectivity index (χ4n) is 1.30. The molecule has 3 nitrogen and oxygen atoms in total. The number of rotatable bonds is 2. The summed E-state index contributed by atoms with van der Waals surface area (Å²) in [6, 6.07) is 9.24. The molecule has 0 saturated heterocycles. The Morgan fingerprint density at radius 2 is 2.00 bits per heavy atom. The summed E-state index contributed by atoms with van der Waals surface area (Å²) in [5, 5.41) is 0. The van der Waals surface area contributed by atoms with Crippen LogP contribution >= 0.6 is 0 Å². The molecule has 0 spiro atoms. The Balaban J connectivity index is 2.22. The summed E-state index contributed by atoms with van der Waals surface area (Å²) in [6.07, 6.45) is 3.46. The van der Waals surface area contributed by atoms with Gasteiger partial charge in [-0.15, -0.1) is 0 Å².